The van der Waals surface area contributed by atoms with Gasteiger partial charge in [0.2, 0.25) is 0 Å². The Morgan fingerprint density at radius 1 is 1.19 bits per heavy atom. The summed E-state index contributed by atoms with van der Waals surface area (Å²) in [4.78, 5) is 11.9. The van der Waals surface area contributed by atoms with Crippen molar-refractivity contribution in [1.82, 2.24) is 0 Å². The number of carbonyl (C=O) groups is 1. The fourth-order valence-corrected chi connectivity index (χ4v) is 2.42. The van der Waals surface area contributed by atoms with Crippen molar-refractivity contribution in [3.05, 3.63) is 58.3 Å². The lowest BCUT2D eigenvalue weighted by Crippen LogP contribution is -2.06. The number of hydrogen-bond acceptors (Lipinski definition) is 3. The van der Waals surface area contributed by atoms with Gasteiger partial charge in [-0.3, -0.25) is 4.79 Å². The molecule has 2 atom stereocenters. The van der Waals surface area contributed by atoms with Crippen molar-refractivity contribution in [2.24, 2.45) is 0 Å². The molecular formula is C13H10O2S. The maximum atomic E-state index is 11.9. The maximum Gasteiger partial charge on any atom is 0.195 e. The van der Waals surface area contributed by atoms with E-state index < -0.39 is 0 Å². The van der Waals surface area contributed by atoms with Crippen LogP contribution in [0.15, 0.2) is 47.2 Å². The van der Waals surface area contributed by atoms with E-state index in [-0.39, 0.29) is 18.0 Å². The summed E-state index contributed by atoms with van der Waals surface area (Å²) < 4.78 is 5.44. The molecule has 1 aromatic carbocycles. The van der Waals surface area contributed by atoms with E-state index >= 15 is 0 Å². The minimum atomic E-state index is -0.281. The van der Waals surface area contributed by atoms with Gasteiger partial charge in [-0.15, -0.1) is 0 Å². The molecule has 0 spiro atoms. The Kier molecular flexibility index (Phi) is 2.35. The van der Waals surface area contributed by atoms with Crippen LogP contribution in [-0.2, 0) is 4.74 Å². The summed E-state index contributed by atoms with van der Waals surface area (Å²) in [6, 6.07) is 11.7. The van der Waals surface area contributed by atoms with Crippen molar-refractivity contribution in [2.45, 2.75) is 12.2 Å². The minimum Gasteiger partial charge on any atom is -0.356 e. The molecule has 80 valence electrons. The molecule has 1 aliphatic heterocycles. The fraction of sp³-hybridized carbons (Fsp3) is 0.154. The molecule has 1 saturated heterocycles. The first-order valence-electron chi connectivity index (χ1n) is 5.13. The van der Waals surface area contributed by atoms with Gasteiger partial charge < -0.3 is 4.74 Å². The van der Waals surface area contributed by atoms with Gasteiger partial charge in [0.05, 0.1) is 0 Å². The standard InChI is InChI=1S/C13H10O2S/c14-11(10-6-7-16-8-10)13-12(15-13)9-4-2-1-3-5-9/h1-8,12-13H/t12-,13-/m1/s1. The normalized spacial score (nSPS) is 23.0. The van der Waals surface area contributed by atoms with Gasteiger partial charge in [-0.05, 0) is 17.0 Å². The smallest absolute Gasteiger partial charge is 0.195 e. The van der Waals surface area contributed by atoms with Crippen LogP contribution >= 0.6 is 11.3 Å². The SMILES string of the molecule is O=C(c1ccsc1)[C@H]1O[C@@H]1c1ccccc1. The summed E-state index contributed by atoms with van der Waals surface area (Å²) in [7, 11) is 0. The first-order valence-corrected chi connectivity index (χ1v) is 6.07. The van der Waals surface area contributed by atoms with Crippen molar-refractivity contribution in [1.29, 1.82) is 0 Å². The lowest BCUT2D eigenvalue weighted by molar-refractivity contribution is 0.0954. The molecule has 2 aromatic rings. The van der Waals surface area contributed by atoms with Crippen LogP contribution in [0.5, 0.6) is 0 Å². The number of rotatable bonds is 3. The Labute approximate surface area is 97.5 Å². The van der Waals surface area contributed by atoms with Gasteiger partial charge >= 0.3 is 0 Å². The Bertz CT molecular complexity index is 490. The second kappa shape index (κ2) is 3.85. The van der Waals surface area contributed by atoms with Gasteiger partial charge in [-0.2, -0.15) is 11.3 Å². The van der Waals surface area contributed by atoms with Gasteiger partial charge in [-0.25, -0.2) is 0 Å². The summed E-state index contributed by atoms with van der Waals surface area (Å²) in [6.45, 7) is 0. The molecule has 2 heterocycles. The van der Waals surface area contributed by atoms with Crippen LogP contribution in [-0.4, -0.2) is 11.9 Å². The third kappa shape index (κ3) is 1.68. The third-order valence-electron chi connectivity index (χ3n) is 2.68. The molecule has 0 radical (unpaired) electrons. The molecule has 1 fully saturated rings. The number of ketones is 1. The van der Waals surface area contributed by atoms with E-state index in [0.717, 1.165) is 11.1 Å². The second-order valence-electron chi connectivity index (χ2n) is 3.76. The number of carbonyl (C=O) groups excluding carboxylic acids is 1. The Balaban J connectivity index is 1.75. The molecule has 0 N–H and O–H groups in total. The van der Waals surface area contributed by atoms with Crippen LogP contribution in [0.3, 0.4) is 0 Å². The predicted octanol–water partition coefficient (Wildman–Crippen LogP) is 3.07. The molecule has 0 unspecified atom stereocenters. The van der Waals surface area contributed by atoms with E-state index in [2.05, 4.69) is 0 Å². The van der Waals surface area contributed by atoms with Gasteiger partial charge in [0.15, 0.2) is 11.9 Å². The molecule has 0 bridgehead atoms. The Morgan fingerprint density at radius 2 is 2.00 bits per heavy atom. The van der Waals surface area contributed by atoms with E-state index in [4.69, 9.17) is 4.74 Å². The average molecular weight is 230 g/mol. The van der Waals surface area contributed by atoms with Gasteiger partial charge in [0.1, 0.15) is 6.10 Å². The predicted molar refractivity (Wildman–Crippen MR) is 62.7 cm³/mol. The van der Waals surface area contributed by atoms with Gasteiger partial charge in [0, 0.05) is 10.9 Å². The molecule has 3 heteroatoms. The van der Waals surface area contributed by atoms with Crippen LogP contribution in [0.4, 0.5) is 0 Å². The second-order valence-corrected chi connectivity index (χ2v) is 4.54. The quantitative estimate of drug-likeness (QED) is 0.599. The highest BCUT2D eigenvalue weighted by molar-refractivity contribution is 7.08. The Hall–Kier alpha value is -1.45. The van der Waals surface area contributed by atoms with Crippen molar-refractivity contribution < 1.29 is 9.53 Å². The van der Waals surface area contributed by atoms with Crippen LogP contribution in [0.2, 0.25) is 0 Å². The molecule has 16 heavy (non-hydrogen) atoms. The highest BCUT2D eigenvalue weighted by Crippen LogP contribution is 2.40. The summed E-state index contributed by atoms with van der Waals surface area (Å²) in [5.41, 5.74) is 1.84. The minimum absolute atomic E-state index is 0.0476. The number of thiophene rings is 1. The molecule has 0 saturated carbocycles. The molecule has 0 amide bonds. The van der Waals surface area contributed by atoms with Crippen LogP contribution in [0, 0.1) is 0 Å². The first-order chi connectivity index (χ1) is 7.86. The Morgan fingerprint density at radius 3 is 2.69 bits per heavy atom. The van der Waals surface area contributed by atoms with Crippen molar-refractivity contribution in [3.63, 3.8) is 0 Å². The molecule has 1 aliphatic rings. The average Bonchev–Trinajstić information content (AvgIpc) is 2.95. The lowest BCUT2D eigenvalue weighted by atomic mass is 10.1. The summed E-state index contributed by atoms with van der Waals surface area (Å²) >= 11 is 1.53. The van der Waals surface area contributed by atoms with Gasteiger partial charge in [0.25, 0.3) is 0 Å². The van der Waals surface area contributed by atoms with Crippen molar-refractivity contribution in [3.8, 4) is 0 Å². The van der Waals surface area contributed by atoms with Crippen LogP contribution in [0.25, 0.3) is 0 Å². The molecule has 2 nitrogen and oxygen atoms in total. The highest BCUT2D eigenvalue weighted by atomic mass is 32.1. The van der Waals surface area contributed by atoms with E-state index in [0.29, 0.717) is 0 Å². The topological polar surface area (TPSA) is 29.6 Å². The van der Waals surface area contributed by atoms with Gasteiger partial charge in [-0.1, -0.05) is 30.3 Å². The van der Waals surface area contributed by atoms with E-state index in [9.17, 15) is 4.79 Å². The molecule has 0 aliphatic carbocycles. The van der Waals surface area contributed by atoms with E-state index in [1.807, 2.05) is 47.2 Å². The fourth-order valence-electron chi connectivity index (χ4n) is 1.78. The summed E-state index contributed by atoms with van der Waals surface area (Å²) in [5.74, 6) is 0.0927. The monoisotopic (exact) mass is 230 g/mol. The van der Waals surface area contributed by atoms with Crippen molar-refractivity contribution >= 4 is 17.1 Å². The van der Waals surface area contributed by atoms with E-state index in [1.54, 1.807) is 0 Å². The third-order valence-corrected chi connectivity index (χ3v) is 3.37. The van der Waals surface area contributed by atoms with Crippen LogP contribution in [0.1, 0.15) is 22.0 Å². The highest BCUT2D eigenvalue weighted by Gasteiger charge is 2.46. The lowest BCUT2D eigenvalue weighted by Gasteiger charge is -1.94. The molecular weight excluding hydrogens is 220 g/mol. The number of hydrogen-bond donors (Lipinski definition) is 0. The molecule has 1 aromatic heterocycles. The zero-order valence-corrected chi connectivity index (χ0v) is 9.31. The number of ether oxygens (including phenoxy) is 1. The number of benzene rings is 1. The van der Waals surface area contributed by atoms with E-state index in [1.165, 1.54) is 11.3 Å². The molecule has 3 rings (SSSR count). The zero-order valence-electron chi connectivity index (χ0n) is 8.50. The summed E-state index contributed by atoms with van der Waals surface area (Å²) in [6.07, 6.45) is -0.328. The first kappa shape index (κ1) is 9.75. The maximum absolute atomic E-state index is 11.9. The zero-order chi connectivity index (χ0) is 11.0. The number of Topliss-reactive ketones (excluding diaryl/α,β-unsaturated/α-hetero) is 1. The van der Waals surface area contributed by atoms with Crippen LogP contribution < -0.4 is 0 Å². The van der Waals surface area contributed by atoms with Crippen molar-refractivity contribution in [2.75, 3.05) is 0 Å². The largest absolute Gasteiger partial charge is 0.356 e. The summed E-state index contributed by atoms with van der Waals surface area (Å²) in [5, 5.41) is 3.78. The number of epoxide rings is 1.